The first-order valence-corrected chi connectivity index (χ1v) is 4.89. The van der Waals surface area contributed by atoms with Gasteiger partial charge in [0.05, 0.1) is 0 Å². The maximum absolute atomic E-state index is 13.8. The van der Waals surface area contributed by atoms with Crippen LogP contribution >= 0.6 is 0 Å². The number of nitrogens with two attached hydrogens (primary N) is 1. The van der Waals surface area contributed by atoms with Crippen LogP contribution in [0.2, 0.25) is 0 Å². The molecule has 0 spiro atoms. The molecule has 0 aromatic heterocycles. The summed E-state index contributed by atoms with van der Waals surface area (Å²) in [4.78, 5) is 11.0. The number of hydrogen-bond acceptors (Lipinski definition) is 2. The normalized spacial score (nSPS) is 9.76. The van der Waals surface area contributed by atoms with Gasteiger partial charge in [-0.25, -0.2) is 8.78 Å². The molecule has 0 saturated carbocycles. The van der Waals surface area contributed by atoms with Gasteiger partial charge in [0.25, 0.3) is 0 Å². The van der Waals surface area contributed by atoms with Crippen LogP contribution in [0.3, 0.4) is 0 Å². The Labute approximate surface area is 97.6 Å². The number of halogens is 2. The predicted molar refractivity (Wildman–Crippen MR) is 58.6 cm³/mol. The number of rotatable bonds is 4. The first kappa shape index (κ1) is 13.0. The van der Waals surface area contributed by atoms with Crippen molar-refractivity contribution in [2.75, 3.05) is 6.61 Å². The molecule has 1 amide bonds. The molecule has 1 aromatic rings. The number of primary amides is 1. The lowest BCUT2D eigenvalue weighted by Crippen LogP contribution is -2.16. The third-order valence-corrected chi connectivity index (χ3v) is 2.20. The van der Waals surface area contributed by atoms with Crippen molar-refractivity contribution in [2.24, 2.45) is 5.73 Å². The summed E-state index contributed by atoms with van der Waals surface area (Å²) in [5.41, 5.74) is 4.87. The zero-order chi connectivity index (χ0) is 13.0. The van der Waals surface area contributed by atoms with Crippen molar-refractivity contribution in [3.63, 3.8) is 0 Å². The quantitative estimate of drug-likeness (QED) is 0.812. The van der Waals surface area contributed by atoms with E-state index in [1.165, 1.54) is 0 Å². The topological polar surface area (TPSA) is 52.3 Å². The fraction of sp³-hybridized carbons (Fsp3) is 0.250. The molecule has 3 nitrogen and oxygen atoms in total. The van der Waals surface area contributed by atoms with Gasteiger partial charge in [0, 0.05) is 11.1 Å². The maximum atomic E-state index is 13.8. The zero-order valence-corrected chi connectivity index (χ0v) is 9.22. The van der Waals surface area contributed by atoms with E-state index < -0.39 is 23.3 Å². The molecule has 0 bridgehead atoms. The molecular weight excluding hydrogens is 228 g/mol. The minimum Gasteiger partial charge on any atom is -0.475 e. The van der Waals surface area contributed by atoms with Gasteiger partial charge >= 0.3 is 0 Å². The van der Waals surface area contributed by atoms with Crippen molar-refractivity contribution < 1.29 is 18.3 Å². The Morgan fingerprint density at radius 1 is 1.59 bits per heavy atom. The molecule has 0 aliphatic carbocycles. The van der Waals surface area contributed by atoms with Crippen molar-refractivity contribution >= 4 is 5.91 Å². The molecule has 0 radical (unpaired) electrons. The highest BCUT2D eigenvalue weighted by molar-refractivity contribution is 5.94. The van der Waals surface area contributed by atoms with Gasteiger partial charge in [-0.05, 0) is 12.5 Å². The first-order chi connectivity index (χ1) is 8.02. The summed E-state index contributed by atoms with van der Waals surface area (Å²) in [6.07, 6.45) is 5.12. The summed E-state index contributed by atoms with van der Waals surface area (Å²) in [6, 6.07) is 0.857. The highest BCUT2D eigenvalue weighted by Gasteiger charge is 2.21. The van der Waals surface area contributed by atoms with Crippen LogP contribution < -0.4 is 10.5 Å². The van der Waals surface area contributed by atoms with E-state index >= 15 is 0 Å². The van der Waals surface area contributed by atoms with E-state index in [0.717, 1.165) is 6.07 Å². The minimum atomic E-state index is -0.997. The van der Waals surface area contributed by atoms with Crippen LogP contribution in [0, 0.1) is 24.0 Å². The predicted octanol–water partition coefficient (Wildman–Crippen LogP) is 1.64. The molecule has 0 saturated heterocycles. The summed E-state index contributed by atoms with van der Waals surface area (Å²) in [6.45, 7) is 1.36. The van der Waals surface area contributed by atoms with Crippen LogP contribution in [-0.4, -0.2) is 12.5 Å². The molecule has 1 aromatic carbocycles. The summed E-state index contributed by atoms with van der Waals surface area (Å²) in [7, 11) is 0. The molecular formula is C12H11F2NO2. The van der Waals surface area contributed by atoms with E-state index in [9.17, 15) is 13.6 Å². The van der Waals surface area contributed by atoms with Crippen molar-refractivity contribution in [3.8, 4) is 18.1 Å². The third-order valence-electron chi connectivity index (χ3n) is 2.20. The Morgan fingerprint density at radius 3 is 2.71 bits per heavy atom. The summed E-state index contributed by atoms with van der Waals surface area (Å²) in [5, 5.41) is 0. The Kier molecular flexibility index (Phi) is 4.05. The lowest BCUT2D eigenvalue weighted by molar-refractivity contribution is 0.0998. The van der Waals surface area contributed by atoms with Crippen molar-refractivity contribution in [1.29, 1.82) is 0 Å². The second-order valence-electron chi connectivity index (χ2n) is 3.24. The average molecular weight is 239 g/mol. The van der Waals surface area contributed by atoms with Crippen LogP contribution in [0.4, 0.5) is 8.78 Å². The van der Waals surface area contributed by atoms with Crippen LogP contribution in [0.25, 0.3) is 0 Å². The zero-order valence-electron chi connectivity index (χ0n) is 9.22. The summed E-state index contributed by atoms with van der Waals surface area (Å²) in [5.74, 6) is -1.30. The SMILES string of the molecule is C#CCOc1c(F)cc(C(N)=O)c(CC)c1F. The van der Waals surface area contributed by atoms with Crippen LogP contribution in [0.1, 0.15) is 22.8 Å². The minimum absolute atomic E-state index is 0.0194. The van der Waals surface area contributed by atoms with E-state index in [0.29, 0.717) is 0 Å². The largest absolute Gasteiger partial charge is 0.475 e. The third kappa shape index (κ3) is 2.53. The summed E-state index contributed by atoms with van der Waals surface area (Å²) < 4.78 is 32.1. The molecule has 17 heavy (non-hydrogen) atoms. The van der Waals surface area contributed by atoms with E-state index in [1.807, 2.05) is 0 Å². The molecule has 0 unspecified atom stereocenters. The van der Waals surface area contributed by atoms with Crippen LogP contribution in [-0.2, 0) is 6.42 Å². The lowest BCUT2D eigenvalue weighted by Gasteiger charge is -2.11. The second-order valence-corrected chi connectivity index (χ2v) is 3.24. The number of carbonyl (C=O) groups excluding carboxylic acids is 1. The highest BCUT2D eigenvalue weighted by Crippen LogP contribution is 2.28. The fourth-order valence-electron chi connectivity index (χ4n) is 1.45. The lowest BCUT2D eigenvalue weighted by atomic mass is 10.0. The van der Waals surface area contributed by atoms with Crippen LogP contribution in [0.5, 0.6) is 5.75 Å². The molecule has 0 atom stereocenters. The van der Waals surface area contributed by atoms with Gasteiger partial charge < -0.3 is 10.5 Å². The van der Waals surface area contributed by atoms with Gasteiger partial charge in [0.2, 0.25) is 5.91 Å². The van der Waals surface area contributed by atoms with E-state index in [4.69, 9.17) is 16.9 Å². The Hall–Kier alpha value is -2.09. The number of ether oxygens (including phenoxy) is 1. The molecule has 0 aliphatic heterocycles. The standard InChI is InChI=1S/C12H11F2NO2/c1-3-5-17-11-9(13)6-8(12(15)16)7(4-2)10(11)14/h1,6H,4-5H2,2H3,(H2,15,16). The Bertz CT molecular complexity index is 492. The van der Waals surface area contributed by atoms with E-state index in [1.54, 1.807) is 6.92 Å². The van der Waals surface area contributed by atoms with Gasteiger partial charge in [0.1, 0.15) is 6.61 Å². The molecule has 0 aliphatic rings. The number of carbonyl (C=O) groups is 1. The molecule has 1 rings (SSSR count). The van der Waals surface area contributed by atoms with Gasteiger partial charge in [-0.2, -0.15) is 0 Å². The van der Waals surface area contributed by atoms with Crippen molar-refractivity contribution in [2.45, 2.75) is 13.3 Å². The van der Waals surface area contributed by atoms with Crippen molar-refractivity contribution in [1.82, 2.24) is 0 Å². The van der Waals surface area contributed by atoms with Gasteiger partial charge in [-0.15, -0.1) is 6.42 Å². The number of benzene rings is 1. The number of hydrogen-bond donors (Lipinski definition) is 1. The molecule has 5 heteroatoms. The van der Waals surface area contributed by atoms with Crippen molar-refractivity contribution in [3.05, 3.63) is 28.8 Å². The maximum Gasteiger partial charge on any atom is 0.249 e. The first-order valence-electron chi connectivity index (χ1n) is 4.89. The molecule has 0 fully saturated rings. The molecule has 2 N–H and O–H groups in total. The van der Waals surface area contributed by atoms with Gasteiger partial charge in [-0.1, -0.05) is 12.8 Å². The second kappa shape index (κ2) is 5.30. The molecule has 90 valence electrons. The summed E-state index contributed by atoms with van der Waals surface area (Å²) >= 11 is 0. The van der Waals surface area contributed by atoms with Gasteiger partial charge in [0.15, 0.2) is 17.4 Å². The smallest absolute Gasteiger partial charge is 0.249 e. The van der Waals surface area contributed by atoms with E-state index in [-0.39, 0.29) is 24.2 Å². The Morgan fingerprint density at radius 2 is 2.24 bits per heavy atom. The molecule has 0 heterocycles. The number of amides is 1. The van der Waals surface area contributed by atoms with Gasteiger partial charge in [-0.3, -0.25) is 4.79 Å². The monoisotopic (exact) mass is 239 g/mol. The average Bonchev–Trinajstić information content (AvgIpc) is 2.28. The number of terminal acetylenes is 1. The highest BCUT2D eigenvalue weighted by atomic mass is 19.1. The Balaban J connectivity index is 3.36. The van der Waals surface area contributed by atoms with Crippen LogP contribution in [0.15, 0.2) is 6.07 Å². The fourth-order valence-corrected chi connectivity index (χ4v) is 1.45. The van der Waals surface area contributed by atoms with E-state index in [2.05, 4.69) is 5.92 Å².